The van der Waals surface area contributed by atoms with Gasteiger partial charge in [0.05, 0.1) is 25.5 Å². The van der Waals surface area contributed by atoms with Crippen molar-refractivity contribution in [1.29, 1.82) is 0 Å². The first kappa shape index (κ1) is 15.9. The summed E-state index contributed by atoms with van der Waals surface area (Å²) in [4.78, 5) is 25.2. The quantitative estimate of drug-likeness (QED) is 0.635. The summed E-state index contributed by atoms with van der Waals surface area (Å²) >= 11 is 0. The van der Waals surface area contributed by atoms with Crippen LogP contribution in [0.5, 0.6) is 11.5 Å². The molecule has 0 fully saturated rings. The third-order valence-corrected chi connectivity index (χ3v) is 3.87. The van der Waals surface area contributed by atoms with Crippen LogP contribution in [0.1, 0.15) is 10.4 Å². The van der Waals surface area contributed by atoms with E-state index < -0.39 is 12.0 Å². The number of ether oxygens (including phenoxy) is 3. The Bertz CT molecular complexity index is 774. The highest BCUT2D eigenvalue weighted by atomic mass is 16.5. The number of fused-ring (bicyclic) bond motifs is 1. The topological polar surface area (TPSA) is 65.1 Å². The van der Waals surface area contributed by atoms with E-state index in [4.69, 9.17) is 14.2 Å². The Hall–Kier alpha value is -3.02. The zero-order valence-corrected chi connectivity index (χ0v) is 13.4. The van der Waals surface area contributed by atoms with E-state index in [9.17, 15) is 9.59 Å². The van der Waals surface area contributed by atoms with Crippen LogP contribution in [0.4, 0.5) is 11.4 Å². The molecule has 3 rings (SSSR count). The third kappa shape index (κ3) is 2.78. The van der Waals surface area contributed by atoms with Crippen LogP contribution in [-0.2, 0) is 9.53 Å². The first-order valence-corrected chi connectivity index (χ1v) is 7.41. The van der Waals surface area contributed by atoms with E-state index in [2.05, 4.69) is 0 Å². The molecule has 0 aliphatic carbocycles. The highest BCUT2D eigenvalue weighted by Crippen LogP contribution is 2.40. The monoisotopic (exact) mass is 327 g/mol. The minimum atomic E-state index is -0.502. The summed E-state index contributed by atoms with van der Waals surface area (Å²) in [6, 6.07) is 11.9. The van der Waals surface area contributed by atoms with Gasteiger partial charge in [-0.05, 0) is 30.3 Å². The molecule has 124 valence electrons. The number of methoxy groups -OCH3 is 2. The van der Waals surface area contributed by atoms with Gasteiger partial charge in [0.2, 0.25) is 0 Å². The molecule has 1 heterocycles. The Morgan fingerprint density at radius 3 is 2.79 bits per heavy atom. The Balaban J connectivity index is 2.12. The Kier molecular flexibility index (Phi) is 4.37. The average molecular weight is 327 g/mol. The van der Waals surface area contributed by atoms with Gasteiger partial charge in [-0.1, -0.05) is 6.07 Å². The van der Waals surface area contributed by atoms with Crippen LogP contribution in [0.3, 0.4) is 0 Å². The van der Waals surface area contributed by atoms with Crippen LogP contribution in [-0.4, -0.2) is 39.1 Å². The first-order valence-electron chi connectivity index (χ1n) is 7.41. The van der Waals surface area contributed by atoms with Crippen molar-refractivity contribution >= 4 is 23.6 Å². The molecule has 0 N–H and O–H groups in total. The van der Waals surface area contributed by atoms with Gasteiger partial charge in [0.1, 0.15) is 30.4 Å². The van der Waals surface area contributed by atoms with Gasteiger partial charge >= 0.3 is 5.97 Å². The molecular formula is C18H17NO5. The van der Waals surface area contributed by atoms with Gasteiger partial charge in [-0.3, -0.25) is 0 Å². The minimum Gasteiger partial charge on any atom is -0.497 e. The number of hydrogen-bond acceptors (Lipinski definition) is 6. The molecule has 2 aromatic carbocycles. The molecule has 0 radical (unpaired) electrons. The van der Waals surface area contributed by atoms with Gasteiger partial charge in [-0.25, -0.2) is 4.79 Å². The van der Waals surface area contributed by atoms with Crippen LogP contribution in [0.25, 0.3) is 0 Å². The van der Waals surface area contributed by atoms with Gasteiger partial charge in [0.15, 0.2) is 0 Å². The van der Waals surface area contributed by atoms with Crippen molar-refractivity contribution in [1.82, 2.24) is 0 Å². The number of hydrogen-bond donors (Lipinski definition) is 0. The fourth-order valence-electron chi connectivity index (χ4n) is 2.69. The molecule has 0 spiro atoms. The van der Waals surface area contributed by atoms with E-state index in [-0.39, 0.29) is 6.61 Å². The van der Waals surface area contributed by atoms with Crippen LogP contribution in [0.2, 0.25) is 0 Å². The van der Waals surface area contributed by atoms with Crippen LogP contribution in [0, 0.1) is 0 Å². The normalized spacial score (nSPS) is 15.9. The molecule has 1 unspecified atom stereocenters. The number of esters is 1. The number of aldehydes is 1. The van der Waals surface area contributed by atoms with Gasteiger partial charge in [-0.15, -0.1) is 0 Å². The molecule has 2 aromatic rings. The van der Waals surface area contributed by atoms with E-state index in [1.165, 1.54) is 7.11 Å². The second-order valence-corrected chi connectivity index (χ2v) is 5.26. The molecular weight excluding hydrogens is 310 g/mol. The maximum absolute atomic E-state index is 11.8. The SMILES string of the molecule is COC(=O)c1ccc2c(c1)N(c1cccc(OC)c1)C(C=O)CO2. The highest BCUT2D eigenvalue weighted by molar-refractivity contribution is 5.92. The van der Waals surface area contributed by atoms with E-state index in [0.717, 1.165) is 12.0 Å². The Morgan fingerprint density at radius 2 is 2.08 bits per heavy atom. The van der Waals surface area contributed by atoms with Gasteiger partial charge in [0.25, 0.3) is 0 Å². The summed E-state index contributed by atoms with van der Waals surface area (Å²) in [6.07, 6.45) is 0.827. The maximum Gasteiger partial charge on any atom is 0.337 e. The Labute approximate surface area is 139 Å². The summed E-state index contributed by atoms with van der Waals surface area (Å²) in [5.41, 5.74) is 1.80. The number of carbonyl (C=O) groups excluding carboxylic acids is 2. The molecule has 1 aliphatic rings. The summed E-state index contributed by atoms with van der Waals surface area (Å²) in [5.74, 6) is 0.828. The maximum atomic E-state index is 11.8. The molecule has 0 aromatic heterocycles. The highest BCUT2D eigenvalue weighted by Gasteiger charge is 2.29. The molecule has 6 nitrogen and oxygen atoms in total. The van der Waals surface area contributed by atoms with Crippen molar-refractivity contribution in [2.75, 3.05) is 25.7 Å². The lowest BCUT2D eigenvalue weighted by molar-refractivity contribution is -0.109. The molecule has 0 saturated carbocycles. The lowest BCUT2D eigenvalue weighted by atomic mass is 10.1. The largest absolute Gasteiger partial charge is 0.497 e. The smallest absolute Gasteiger partial charge is 0.337 e. The van der Waals surface area contributed by atoms with E-state index in [1.54, 1.807) is 25.3 Å². The standard InChI is InChI=1S/C18H17NO5/c1-22-15-5-3-4-13(9-15)19-14(10-20)11-24-17-7-6-12(8-16(17)19)18(21)23-2/h3-10,14H,11H2,1-2H3. The molecule has 1 atom stereocenters. The number of rotatable bonds is 4. The van der Waals surface area contributed by atoms with Gasteiger partial charge in [0, 0.05) is 11.8 Å². The van der Waals surface area contributed by atoms with Crippen LogP contribution < -0.4 is 14.4 Å². The van der Waals surface area contributed by atoms with Crippen molar-refractivity contribution in [3.8, 4) is 11.5 Å². The van der Waals surface area contributed by atoms with Crippen molar-refractivity contribution in [2.24, 2.45) is 0 Å². The molecule has 0 bridgehead atoms. The number of nitrogens with zero attached hydrogens (tertiary/aromatic N) is 1. The summed E-state index contributed by atoms with van der Waals surface area (Å²) in [6.45, 7) is 0.227. The second-order valence-electron chi connectivity index (χ2n) is 5.26. The van der Waals surface area contributed by atoms with Crippen molar-refractivity contribution in [2.45, 2.75) is 6.04 Å². The molecule has 1 aliphatic heterocycles. The summed E-state index contributed by atoms with van der Waals surface area (Å²) in [7, 11) is 2.91. The van der Waals surface area contributed by atoms with E-state index in [1.807, 2.05) is 29.2 Å². The van der Waals surface area contributed by atoms with Crippen LogP contribution in [0.15, 0.2) is 42.5 Å². The average Bonchev–Trinajstić information content (AvgIpc) is 2.65. The van der Waals surface area contributed by atoms with Crippen molar-refractivity contribution in [3.63, 3.8) is 0 Å². The lowest BCUT2D eigenvalue weighted by Gasteiger charge is -2.36. The Morgan fingerprint density at radius 1 is 1.25 bits per heavy atom. The van der Waals surface area contributed by atoms with Gasteiger partial charge in [-0.2, -0.15) is 0 Å². The van der Waals surface area contributed by atoms with E-state index in [0.29, 0.717) is 22.7 Å². The predicted molar refractivity (Wildman–Crippen MR) is 88.3 cm³/mol. The lowest BCUT2D eigenvalue weighted by Crippen LogP contribution is -2.41. The molecule has 24 heavy (non-hydrogen) atoms. The van der Waals surface area contributed by atoms with E-state index >= 15 is 0 Å². The molecule has 0 saturated heterocycles. The molecule has 6 heteroatoms. The van der Waals surface area contributed by atoms with Crippen LogP contribution >= 0.6 is 0 Å². The minimum absolute atomic E-state index is 0.227. The zero-order chi connectivity index (χ0) is 17.1. The van der Waals surface area contributed by atoms with Crippen molar-refractivity contribution in [3.05, 3.63) is 48.0 Å². The fraction of sp³-hybridized carbons (Fsp3) is 0.222. The zero-order valence-electron chi connectivity index (χ0n) is 13.4. The number of benzene rings is 2. The number of carbonyl (C=O) groups is 2. The number of anilines is 2. The second kappa shape index (κ2) is 6.62. The predicted octanol–water partition coefficient (Wildman–Crippen LogP) is 2.58. The summed E-state index contributed by atoms with van der Waals surface area (Å²) in [5, 5.41) is 0. The fourth-order valence-corrected chi connectivity index (χ4v) is 2.69. The molecule has 0 amide bonds. The summed E-state index contributed by atoms with van der Waals surface area (Å²) < 4.78 is 15.7. The van der Waals surface area contributed by atoms with Gasteiger partial charge < -0.3 is 23.9 Å². The third-order valence-electron chi connectivity index (χ3n) is 3.87. The van der Waals surface area contributed by atoms with Crippen molar-refractivity contribution < 1.29 is 23.8 Å². The first-order chi connectivity index (χ1) is 11.7.